The molecule has 0 aliphatic carbocycles. The monoisotopic (exact) mass is 272 g/mol. The van der Waals surface area contributed by atoms with Crippen molar-refractivity contribution in [2.75, 3.05) is 19.8 Å². The fourth-order valence-corrected chi connectivity index (χ4v) is 2.72. The van der Waals surface area contributed by atoms with Gasteiger partial charge >= 0.3 is 0 Å². The zero-order chi connectivity index (χ0) is 13.9. The SMILES string of the molecule is O=C(c1ccc2ccccc2n1)N1CCCC(CF)C1. The van der Waals surface area contributed by atoms with Gasteiger partial charge in [-0.1, -0.05) is 24.3 Å². The molecule has 0 radical (unpaired) electrons. The van der Waals surface area contributed by atoms with Gasteiger partial charge in [0.05, 0.1) is 12.2 Å². The number of para-hydroxylation sites is 1. The van der Waals surface area contributed by atoms with Gasteiger partial charge in [0, 0.05) is 24.4 Å². The van der Waals surface area contributed by atoms with E-state index in [-0.39, 0.29) is 18.5 Å². The number of pyridine rings is 1. The molecule has 20 heavy (non-hydrogen) atoms. The lowest BCUT2D eigenvalue weighted by Crippen LogP contribution is -2.40. The van der Waals surface area contributed by atoms with Crippen molar-refractivity contribution in [1.29, 1.82) is 0 Å². The molecule has 1 aromatic carbocycles. The summed E-state index contributed by atoms with van der Waals surface area (Å²) in [6.45, 7) is 0.850. The van der Waals surface area contributed by atoms with Crippen LogP contribution in [0.1, 0.15) is 23.3 Å². The molecule has 3 nitrogen and oxygen atoms in total. The van der Waals surface area contributed by atoms with Crippen molar-refractivity contribution in [3.63, 3.8) is 0 Å². The average molecular weight is 272 g/mol. The summed E-state index contributed by atoms with van der Waals surface area (Å²) in [5, 5.41) is 1.02. The number of carbonyl (C=O) groups is 1. The van der Waals surface area contributed by atoms with Crippen molar-refractivity contribution < 1.29 is 9.18 Å². The predicted molar refractivity (Wildman–Crippen MR) is 76.3 cm³/mol. The molecule has 0 spiro atoms. The molecule has 1 aliphatic heterocycles. The van der Waals surface area contributed by atoms with Crippen LogP contribution in [0.5, 0.6) is 0 Å². The normalized spacial score (nSPS) is 19.2. The van der Waals surface area contributed by atoms with E-state index in [2.05, 4.69) is 4.98 Å². The molecule has 1 unspecified atom stereocenters. The molecule has 2 aromatic rings. The smallest absolute Gasteiger partial charge is 0.272 e. The molecule has 1 amide bonds. The van der Waals surface area contributed by atoms with Crippen molar-refractivity contribution in [2.45, 2.75) is 12.8 Å². The maximum atomic E-state index is 12.8. The molecule has 0 saturated carbocycles. The van der Waals surface area contributed by atoms with Crippen LogP contribution >= 0.6 is 0 Å². The van der Waals surface area contributed by atoms with Gasteiger partial charge in [-0.15, -0.1) is 0 Å². The fraction of sp³-hybridized carbons (Fsp3) is 0.375. The number of likely N-dealkylation sites (tertiary alicyclic amines) is 1. The minimum atomic E-state index is -0.352. The number of hydrogen-bond donors (Lipinski definition) is 0. The van der Waals surface area contributed by atoms with Gasteiger partial charge in [-0.3, -0.25) is 9.18 Å². The summed E-state index contributed by atoms with van der Waals surface area (Å²) in [6.07, 6.45) is 1.74. The third-order valence-electron chi connectivity index (χ3n) is 3.84. The van der Waals surface area contributed by atoms with Crippen molar-refractivity contribution in [1.82, 2.24) is 9.88 Å². The van der Waals surface area contributed by atoms with Crippen molar-refractivity contribution in [3.8, 4) is 0 Å². The number of halogens is 1. The Morgan fingerprint density at radius 2 is 2.15 bits per heavy atom. The van der Waals surface area contributed by atoms with Crippen LogP contribution in [0.4, 0.5) is 4.39 Å². The second-order valence-corrected chi connectivity index (χ2v) is 5.30. The van der Waals surface area contributed by atoms with Crippen LogP contribution in [0, 0.1) is 5.92 Å². The van der Waals surface area contributed by atoms with Gasteiger partial charge in [0.25, 0.3) is 5.91 Å². The van der Waals surface area contributed by atoms with Gasteiger partial charge in [0.15, 0.2) is 0 Å². The van der Waals surface area contributed by atoms with Crippen molar-refractivity contribution in [2.24, 2.45) is 5.92 Å². The zero-order valence-electron chi connectivity index (χ0n) is 11.3. The fourth-order valence-electron chi connectivity index (χ4n) is 2.72. The lowest BCUT2D eigenvalue weighted by atomic mass is 9.99. The van der Waals surface area contributed by atoms with E-state index >= 15 is 0 Å². The molecule has 1 aliphatic rings. The van der Waals surface area contributed by atoms with Crippen LogP contribution in [0.25, 0.3) is 10.9 Å². The molecular formula is C16H17FN2O. The van der Waals surface area contributed by atoms with Gasteiger partial charge in [-0.05, 0) is 25.0 Å². The second-order valence-electron chi connectivity index (χ2n) is 5.30. The summed E-state index contributed by atoms with van der Waals surface area (Å²) >= 11 is 0. The first-order valence-electron chi connectivity index (χ1n) is 6.99. The molecule has 1 fully saturated rings. The lowest BCUT2D eigenvalue weighted by Gasteiger charge is -2.31. The number of hydrogen-bond acceptors (Lipinski definition) is 2. The van der Waals surface area contributed by atoms with E-state index in [0.29, 0.717) is 18.8 Å². The van der Waals surface area contributed by atoms with Crippen LogP contribution in [-0.4, -0.2) is 35.6 Å². The Kier molecular flexibility index (Phi) is 3.63. The van der Waals surface area contributed by atoms with E-state index in [1.807, 2.05) is 30.3 Å². The van der Waals surface area contributed by atoms with Crippen LogP contribution < -0.4 is 0 Å². The number of fused-ring (bicyclic) bond motifs is 1. The first-order valence-corrected chi connectivity index (χ1v) is 6.99. The Morgan fingerprint density at radius 1 is 1.30 bits per heavy atom. The third-order valence-corrected chi connectivity index (χ3v) is 3.84. The molecule has 1 saturated heterocycles. The van der Waals surface area contributed by atoms with Crippen LogP contribution in [0.2, 0.25) is 0 Å². The highest BCUT2D eigenvalue weighted by atomic mass is 19.1. The summed E-state index contributed by atoms with van der Waals surface area (Å²) in [7, 11) is 0. The largest absolute Gasteiger partial charge is 0.337 e. The molecule has 1 aromatic heterocycles. The molecule has 2 heterocycles. The summed E-state index contributed by atoms with van der Waals surface area (Å²) in [6, 6.07) is 11.4. The molecule has 104 valence electrons. The Bertz CT molecular complexity index is 629. The summed E-state index contributed by atoms with van der Waals surface area (Å²) in [4.78, 5) is 18.6. The summed E-state index contributed by atoms with van der Waals surface area (Å²) in [5.74, 6) is -0.109. The van der Waals surface area contributed by atoms with Gasteiger partial charge in [0.2, 0.25) is 0 Å². The van der Waals surface area contributed by atoms with Crippen molar-refractivity contribution >= 4 is 16.8 Å². The number of benzene rings is 1. The van der Waals surface area contributed by atoms with E-state index in [0.717, 1.165) is 23.7 Å². The Morgan fingerprint density at radius 3 is 3.00 bits per heavy atom. The molecule has 3 rings (SSSR count). The number of nitrogens with zero attached hydrogens (tertiary/aromatic N) is 2. The van der Waals surface area contributed by atoms with Gasteiger partial charge in [0.1, 0.15) is 5.69 Å². The number of rotatable bonds is 2. The quantitative estimate of drug-likeness (QED) is 0.841. The highest BCUT2D eigenvalue weighted by molar-refractivity contribution is 5.94. The zero-order valence-corrected chi connectivity index (χ0v) is 11.3. The first-order chi connectivity index (χ1) is 9.78. The van der Waals surface area contributed by atoms with E-state index in [4.69, 9.17) is 0 Å². The highest BCUT2D eigenvalue weighted by Gasteiger charge is 2.25. The molecule has 0 N–H and O–H groups in total. The molecule has 4 heteroatoms. The van der Waals surface area contributed by atoms with E-state index < -0.39 is 0 Å². The number of aromatic nitrogens is 1. The van der Waals surface area contributed by atoms with Gasteiger partial charge in [-0.25, -0.2) is 4.98 Å². The molecule has 1 atom stereocenters. The Hall–Kier alpha value is -1.97. The lowest BCUT2D eigenvalue weighted by molar-refractivity contribution is 0.0651. The maximum absolute atomic E-state index is 12.8. The number of piperidine rings is 1. The third kappa shape index (κ3) is 2.50. The summed E-state index contributed by atoms with van der Waals surface area (Å²) < 4.78 is 12.8. The Balaban J connectivity index is 1.84. The summed E-state index contributed by atoms with van der Waals surface area (Å²) in [5.41, 5.74) is 1.26. The minimum absolute atomic E-state index is 0.0202. The maximum Gasteiger partial charge on any atom is 0.272 e. The average Bonchev–Trinajstić information content (AvgIpc) is 2.53. The topological polar surface area (TPSA) is 33.2 Å². The minimum Gasteiger partial charge on any atom is -0.337 e. The van der Waals surface area contributed by atoms with Crippen LogP contribution in [0.15, 0.2) is 36.4 Å². The molecule has 0 bridgehead atoms. The number of alkyl halides is 1. The Labute approximate surface area is 117 Å². The number of carbonyl (C=O) groups excluding carboxylic acids is 1. The highest BCUT2D eigenvalue weighted by Crippen LogP contribution is 2.19. The van der Waals surface area contributed by atoms with Crippen LogP contribution in [0.3, 0.4) is 0 Å². The predicted octanol–water partition coefficient (Wildman–Crippen LogP) is 3.06. The van der Waals surface area contributed by atoms with E-state index in [1.165, 1.54) is 0 Å². The molecular weight excluding hydrogens is 255 g/mol. The first kappa shape index (κ1) is 13.0. The van der Waals surface area contributed by atoms with E-state index in [9.17, 15) is 9.18 Å². The van der Waals surface area contributed by atoms with Gasteiger partial charge in [-0.2, -0.15) is 0 Å². The van der Waals surface area contributed by atoms with Gasteiger partial charge < -0.3 is 4.90 Å². The van der Waals surface area contributed by atoms with E-state index in [1.54, 1.807) is 11.0 Å². The number of amides is 1. The van der Waals surface area contributed by atoms with Crippen LogP contribution in [-0.2, 0) is 0 Å². The standard InChI is InChI=1S/C16H17FN2O/c17-10-12-4-3-9-19(11-12)16(20)15-8-7-13-5-1-2-6-14(13)18-15/h1-2,5-8,12H,3-4,9-11H2. The van der Waals surface area contributed by atoms with Crippen molar-refractivity contribution in [3.05, 3.63) is 42.1 Å². The second kappa shape index (κ2) is 5.57.